The third-order valence-electron chi connectivity index (χ3n) is 6.03. The first-order chi connectivity index (χ1) is 16.1. The fourth-order valence-electron chi connectivity index (χ4n) is 3.79. The van der Waals surface area contributed by atoms with Crippen LogP contribution in [-0.4, -0.2) is 46.1 Å². The van der Waals surface area contributed by atoms with E-state index >= 15 is 0 Å². The Hall–Kier alpha value is -1.17. The van der Waals surface area contributed by atoms with Crippen molar-refractivity contribution in [3.8, 4) is 0 Å². The Bertz CT molecular complexity index is 492. The molecule has 0 fully saturated rings. The van der Waals surface area contributed by atoms with Crippen molar-refractivity contribution < 1.29 is 20.1 Å². The second-order valence-electron chi connectivity index (χ2n) is 9.23. The summed E-state index contributed by atoms with van der Waals surface area (Å²) in [7, 11) is 0. The van der Waals surface area contributed by atoms with Gasteiger partial charge in [-0.3, -0.25) is 4.79 Å². The molecule has 0 heterocycles. The number of unbranched alkanes of at least 4 members (excludes halogenated alkanes) is 11. The van der Waals surface area contributed by atoms with E-state index in [-0.39, 0.29) is 12.5 Å². The highest BCUT2D eigenvalue weighted by atomic mass is 16.3. The molecule has 0 aromatic heterocycles. The third-order valence-corrected chi connectivity index (χ3v) is 6.03. The molecule has 0 aliphatic rings. The predicted molar refractivity (Wildman–Crippen MR) is 139 cm³/mol. The van der Waals surface area contributed by atoms with Gasteiger partial charge in [0.05, 0.1) is 18.8 Å². The Labute approximate surface area is 203 Å². The van der Waals surface area contributed by atoms with Crippen LogP contribution in [0, 0.1) is 0 Å². The standard InChI is InChI=1S/C28H53NO4/c1-3-5-7-9-11-13-14-15-17-19-21-23-27(32)29-25(24-30)28(33)26(31)22-20-18-16-12-10-8-6-4-2/h9,11-12,16,25-26,28,30-31,33H,3-8,10,13-15,17-24H2,1-2H3,(H,29,32)/b11-9-,16-12+. The van der Waals surface area contributed by atoms with Crippen molar-refractivity contribution >= 4 is 5.91 Å². The molecule has 0 rings (SSSR count). The zero-order chi connectivity index (χ0) is 24.6. The van der Waals surface area contributed by atoms with E-state index in [9.17, 15) is 20.1 Å². The highest BCUT2D eigenvalue weighted by molar-refractivity contribution is 5.76. The smallest absolute Gasteiger partial charge is 0.220 e. The Morgan fingerprint density at radius 2 is 1.24 bits per heavy atom. The Morgan fingerprint density at radius 1 is 0.727 bits per heavy atom. The van der Waals surface area contributed by atoms with Gasteiger partial charge in [-0.2, -0.15) is 0 Å². The Morgan fingerprint density at radius 3 is 1.85 bits per heavy atom. The van der Waals surface area contributed by atoms with Gasteiger partial charge in [0.2, 0.25) is 5.91 Å². The molecule has 194 valence electrons. The Kier molecular flexibility index (Phi) is 23.1. The lowest BCUT2D eigenvalue weighted by atomic mass is 10.0. The van der Waals surface area contributed by atoms with E-state index in [1.165, 1.54) is 51.4 Å². The summed E-state index contributed by atoms with van der Waals surface area (Å²) in [5.74, 6) is -0.172. The molecule has 33 heavy (non-hydrogen) atoms. The fourth-order valence-corrected chi connectivity index (χ4v) is 3.79. The number of carbonyl (C=O) groups is 1. The maximum atomic E-state index is 12.2. The van der Waals surface area contributed by atoms with E-state index in [0.717, 1.165) is 44.9 Å². The summed E-state index contributed by atoms with van der Waals surface area (Å²) in [6, 6.07) is -0.823. The van der Waals surface area contributed by atoms with Crippen molar-refractivity contribution in [2.24, 2.45) is 0 Å². The molecule has 0 radical (unpaired) electrons. The van der Waals surface area contributed by atoms with Crippen LogP contribution in [-0.2, 0) is 4.79 Å². The summed E-state index contributed by atoms with van der Waals surface area (Å²) < 4.78 is 0. The van der Waals surface area contributed by atoms with Crippen molar-refractivity contribution in [3.05, 3.63) is 24.3 Å². The molecule has 0 saturated heterocycles. The molecular weight excluding hydrogens is 414 g/mol. The van der Waals surface area contributed by atoms with Crippen molar-refractivity contribution in [2.45, 2.75) is 141 Å². The quantitative estimate of drug-likeness (QED) is 0.110. The predicted octanol–water partition coefficient (Wildman–Crippen LogP) is 5.97. The Balaban J connectivity index is 3.88. The number of hydrogen-bond acceptors (Lipinski definition) is 4. The number of rotatable bonds is 23. The van der Waals surface area contributed by atoms with Crippen molar-refractivity contribution in [1.82, 2.24) is 5.32 Å². The van der Waals surface area contributed by atoms with Crippen LogP contribution in [0.3, 0.4) is 0 Å². The van der Waals surface area contributed by atoms with Crippen molar-refractivity contribution in [2.75, 3.05) is 6.61 Å². The van der Waals surface area contributed by atoms with Crippen LogP contribution in [0.2, 0.25) is 0 Å². The first kappa shape index (κ1) is 31.8. The maximum Gasteiger partial charge on any atom is 0.220 e. The molecule has 3 atom stereocenters. The van der Waals surface area contributed by atoms with Crippen molar-refractivity contribution in [1.29, 1.82) is 0 Å². The van der Waals surface area contributed by atoms with Crippen LogP contribution in [0.5, 0.6) is 0 Å². The first-order valence-corrected chi connectivity index (χ1v) is 13.6. The minimum absolute atomic E-state index is 0.172. The van der Waals surface area contributed by atoms with Crippen LogP contribution in [0.25, 0.3) is 0 Å². The highest BCUT2D eigenvalue weighted by Crippen LogP contribution is 2.11. The molecule has 3 unspecified atom stereocenters. The molecule has 0 aromatic rings. The van der Waals surface area contributed by atoms with Gasteiger partial charge in [-0.05, 0) is 57.8 Å². The number of aliphatic hydroxyl groups is 3. The lowest BCUT2D eigenvalue weighted by molar-refractivity contribution is -0.124. The van der Waals surface area contributed by atoms with Gasteiger partial charge in [-0.1, -0.05) is 83.1 Å². The molecule has 0 saturated carbocycles. The van der Waals surface area contributed by atoms with Gasteiger partial charge >= 0.3 is 0 Å². The molecule has 1 amide bonds. The lowest BCUT2D eigenvalue weighted by Gasteiger charge is -2.26. The van der Waals surface area contributed by atoms with Crippen LogP contribution < -0.4 is 5.32 Å². The summed E-state index contributed by atoms with van der Waals surface area (Å²) >= 11 is 0. The molecule has 0 spiro atoms. The number of nitrogens with one attached hydrogen (secondary N) is 1. The number of allylic oxidation sites excluding steroid dienone is 4. The van der Waals surface area contributed by atoms with E-state index < -0.39 is 18.2 Å². The summed E-state index contributed by atoms with van der Waals surface area (Å²) in [4.78, 5) is 12.2. The van der Waals surface area contributed by atoms with Gasteiger partial charge in [-0.15, -0.1) is 0 Å². The van der Waals surface area contributed by atoms with Gasteiger partial charge in [0.25, 0.3) is 0 Å². The second kappa shape index (κ2) is 24.0. The van der Waals surface area contributed by atoms with Gasteiger partial charge in [0.15, 0.2) is 0 Å². The van der Waals surface area contributed by atoms with Crippen LogP contribution in [0.15, 0.2) is 24.3 Å². The van der Waals surface area contributed by atoms with E-state index in [4.69, 9.17) is 0 Å². The molecule has 5 nitrogen and oxygen atoms in total. The summed E-state index contributed by atoms with van der Waals surface area (Å²) in [5, 5.41) is 32.8. The van der Waals surface area contributed by atoms with Gasteiger partial charge < -0.3 is 20.6 Å². The summed E-state index contributed by atoms with van der Waals surface area (Å²) in [5.41, 5.74) is 0. The van der Waals surface area contributed by atoms with Gasteiger partial charge in [0, 0.05) is 6.42 Å². The average Bonchev–Trinajstić information content (AvgIpc) is 2.82. The molecule has 0 aliphatic heterocycles. The van der Waals surface area contributed by atoms with Crippen LogP contribution >= 0.6 is 0 Å². The number of amides is 1. The van der Waals surface area contributed by atoms with E-state index in [2.05, 4.69) is 43.5 Å². The maximum absolute atomic E-state index is 12.2. The third kappa shape index (κ3) is 20.0. The van der Waals surface area contributed by atoms with E-state index in [0.29, 0.717) is 12.8 Å². The van der Waals surface area contributed by atoms with E-state index in [1.807, 2.05) is 0 Å². The van der Waals surface area contributed by atoms with Crippen LogP contribution in [0.1, 0.15) is 123 Å². The minimum atomic E-state index is -1.15. The fraction of sp³-hybridized carbons (Fsp3) is 0.821. The number of aliphatic hydroxyl groups excluding tert-OH is 3. The number of carbonyl (C=O) groups excluding carboxylic acids is 1. The molecule has 0 aromatic carbocycles. The van der Waals surface area contributed by atoms with E-state index in [1.54, 1.807) is 0 Å². The summed E-state index contributed by atoms with van der Waals surface area (Å²) in [6.07, 6.45) is 24.1. The molecule has 5 heteroatoms. The van der Waals surface area contributed by atoms with Crippen LogP contribution in [0.4, 0.5) is 0 Å². The highest BCUT2D eigenvalue weighted by Gasteiger charge is 2.26. The first-order valence-electron chi connectivity index (χ1n) is 13.6. The molecular formula is C28H53NO4. The van der Waals surface area contributed by atoms with Crippen molar-refractivity contribution in [3.63, 3.8) is 0 Å². The van der Waals surface area contributed by atoms with Gasteiger partial charge in [-0.25, -0.2) is 0 Å². The molecule has 0 bridgehead atoms. The zero-order valence-corrected chi connectivity index (χ0v) is 21.5. The topological polar surface area (TPSA) is 89.8 Å². The average molecular weight is 468 g/mol. The molecule has 0 aliphatic carbocycles. The zero-order valence-electron chi connectivity index (χ0n) is 21.5. The second-order valence-corrected chi connectivity index (χ2v) is 9.23. The van der Waals surface area contributed by atoms with Gasteiger partial charge in [0.1, 0.15) is 6.10 Å². The largest absolute Gasteiger partial charge is 0.394 e. The summed E-state index contributed by atoms with van der Waals surface area (Å²) in [6.45, 7) is 4.02. The minimum Gasteiger partial charge on any atom is -0.394 e. The monoisotopic (exact) mass is 467 g/mol. The molecule has 4 N–H and O–H groups in total. The number of hydrogen-bond donors (Lipinski definition) is 4. The SMILES string of the molecule is CCCC/C=C\CCCCCCCC(=O)NC(CO)C(O)C(O)CCC/C=C/CCCCC. The lowest BCUT2D eigenvalue weighted by Crippen LogP contribution is -2.50. The normalized spacial score (nSPS) is 14.7.